The number of hydrogen-bond donors (Lipinski definition) is 0. The van der Waals surface area contributed by atoms with Crippen LogP contribution in [0.4, 0.5) is 4.39 Å². The highest BCUT2D eigenvalue weighted by Crippen LogP contribution is 2.08. The minimum Gasteiger partial charge on any atom is -0.240 e. The van der Waals surface area contributed by atoms with E-state index in [0.717, 1.165) is 5.69 Å². The second-order valence-corrected chi connectivity index (χ2v) is 3.94. The molecule has 5 heteroatoms. The second kappa shape index (κ2) is 5.33. The van der Waals surface area contributed by atoms with Crippen molar-refractivity contribution in [2.24, 2.45) is 0 Å². The SMILES string of the molecule is Fc1ccc(-n2ccc(C#Cc3ncccn3)n2)cc1. The van der Waals surface area contributed by atoms with Crippen LogP contribution in [-0.2, 0) is 0 Å². The first-order valence-corrected chi connectivity index (χ1v) is 5.92. The monoisotopic (exact) mass is 264 g/mol. The minimum absolute atomic E-state index is 0.276. The molecule has 4 nitrogen and oxygen atoms in total. The lowest BCUT2D eigenvalue weighted by Gasteiger charge is -1.99. The fourth-order valence-corrected chi connectivity index (χ4v) is 1.61. The van der Waals surface area contributed by atoms with Gasteiger partial charge in [0.25, 0.3) is 0 Å². The molecule has 96 valence electrons. The number of rotatable bonds is 1. The predicted molar refractivity (Wildman–Crippen MR) is 71.5 cm³/mol. The van der Waals surface area contributed by atoms with Crippen molar-refractivity contribution in [3.05, 3.63) is 72.3 Å². The van der Waals surface area contributed by atoms with Crippen molar-refractivity contribution in [1.29, 1.82) is 0 Å². The summed E-state index contributed by atoms with van der Waals surface area (Å²) in [5.74, 6) is 5.88. The molecule has 0 amide bonds. The number of nitrogens with zero attached hydrogens (tertiary/aromatic N) is 4. The van der Waals surface area contributed by atoms with E-state index in [9.17, 15) is 4.39 Å². The Morgan fingerprint density at radius 1 is 0.950 bits per heavy atom. The molecule has 3 aromatic rings. The van der Waals surface area contributed by atoms with Crippen LogP contribution in [0, 0.1) is 17.7 Å². The fraction of sp³-hybridized carbons (Fsp3) is 0. The topological polar surface area (TPSA) is 43.6 Å². The van der Waals surface area contributed by atoms with Gasteiger partial charge in [0.15, 0.2) is 0 Å². The molecule has 20 heavy (non-hydrogen) atoms. The van der Waals surface area contributed by atoms with Gasteiger partial charge < -0.3 is 0 Å². The quantitative estimate of drug-likeness (QED) is 0.633. The van der Waals surface area contributed by atoms with Gasteiger partial charge in [-0.25, -0.2) is 19.0 Å². The van der Waals surface area contributed by atoms with Gasteiger partial charge in [-0.3, -0.25) is 0 Å². The van der Waals surface area contributed by atoms with Gasteiger partial charge in [-0.2, -0.15) is 5.10 Å². The summed E-state index contributed by atoms with van der Waals surface area (Å²) in [4.78, 5) is 8.01. The van der Waals surface area contributed by atoms with E-state index in [1.165, 1.54) is 12.1 Å². The summed E-state index contributed by atoms with van der Waals surface area (Å²) in [5, 5.41) is 4.29. The first kappa shape index (κ1) is 12.1. The Balaban J connectivity index is 1.84. The number of halogens is 1. The van der Waals surface area contributed by atoms with Crippen LogP contribution in [0.3, 0.4) is 0 Å². The Bertz CT molecular complexity index is 767. The van der Waals surface area contributed by atoms with Gasteiger partial charge in [0.05, 0.1) is 5.69 Å². The number of hydrogen-bond acceptors (Lipinski definition) is 3. The highest BCUT2D eigenvalue weighted by molar-refractivity contribution is 5.36. The predicted octanol–water partition coefficient (Wildman–Crippen LogP) is 2.20. The first-order chi connectivity index (χ1) is 9.81. The van der Waals surface area contributed by atoms with Gasteiger partial charge >= 0.3 is 0 Å². The Kier molecular flexibility index (Phi) is 3.21. The molecule has 0 unspecified atom stereocenters. The maximum atomic E-state index is 12.9. The van der Waals surface area contributed by atoms with Gasteiger partial charge in [0.2, 0.25) is 5.82 Å². The van der Waals surface area contributed by atoms with Crippen molar-refractivity contribution in [1.82, 2.24) is 19.7 Å². The maximum absolute atomic E-state index is 12.9. The zero-order chi connectivity index (χ0) is 13.8. The lowest BCUT2D eigenvalue weighted by molar-refractivity contribution is 0.627. The van der Waals surface area contributed by atoms with Crippen LogP contribution in [0.2, 0.25) is 0 Å². The highest BCUT2D eigenvalue weighted by Gasteiger charge is 1.99. The fourth-order valence-electron chi connectivity index (χ4n) is 1.61. The average molecular weight is 264 g/mol. The van der Waals surface area contributed by atoms with E-state index in [4.69, 9.17) is 0 Å². The second-order valence-electron chi connectivity index (χ2n) is 3.94. The van der Waals surface area contributed by atoms with E-state index in [2.05, 4.69) is 26.9 Å². The van der Waals surface area contributed by atoms with Crippen molar-refractivity contribution in [3.8, 4) is 17.5 Å². The van der Waals surface area contributed by atoms with Gasteiger partial charge in [-0.1, -0.05) is 0 Å². The molecule has 0 aliphatic heterocycles. The third-order valence-corrected chi connectivity index (χ3v) is 2.55. The molecule has 0 atom stereocenters. The molecule has 0 bridgehead atoms. The van der Waals surface area contributed by atoms with Crippen LogP contribution in [0.15, 0.2) is 55.0 Å². The van der Waals surface area contributed by atoms with Crippen LogP contribution in [0.1, 0.15) is 11.5 Å². The molecular weight excluding hydrogens is 255 g/mol. The van der Waals surface area contributed by atoms with Crippen molar-refractivity contribution >= 4 is 0 Å². The molecule has 1 aromatic carbocycles. The Labute approximate surface area is 114 Å². The maximum Gasteiger partial charge on any atom is 0.205 e. The van der Waals surface area contributed by atoms with Crippen molar-refractivity contribution in [2.45, 2.75) is 0 Å². The summed E-state index contributed by atoms with van der Waals surface area (Å²) in [6.07, 6.45) is 5.03. The molecule has 0 N–H and O–H groups in total. The van der Waals surface area contributed by atoms with Gasteiger partial charge in [-0.05, 0) is 48.2 Å². The molecule has 0 aliphatic rings. The standard InChI is InChI=1S/C15H9FN4/c16-12-2-5-14(6-3-12)20-11-8-13(19-20)4-7-15-17-9-1-10-18-15/h1-3,5-6,8-11H. The van der Waals surface area contributed by atoms with E-state index in [1.807, 2.05) is 0 Å². The third-order valence-electron chi connectivity index (χ3n) is 2.55. The molecule has 0 saturated heterocycles. The van der Waals surface area contributed by atoms with E-state index in [0.29, 0.717) is 11.5 Å². The normalized spacial score (nSPS) is 9.85. The largest absolute Gasteiger partial charge is 0.240 e. The lowest BCUT2D eigenvalue weighted by atomic mass is 10.3. The average Bonchev–Trinajstić information content (AvgIpc) is 2.96. The zero-order valence-corrected chi connectivity index (χ0v) is 10.4. The summed E-state index contributed by atoms with van der Waals surface area (Å²) in [6.45, 7) is 0. The van der Waals surface area contributed by atoms with Crippen LogP contribution in [0.25, 0.3) is 5.69 Å². The van der Waals surface area contributed by atoms with Gasteiger partial charge in [0, 0.05) is 18.6 Å². The van der Waals surface area contributed by atoms with E-state index < -0.39 is 0 Å². The third kappa shape index (κ3) is 2.70. The molecular formula is C15H9FN4. The molecule has 0 aliphatic carbocycles. The smallest absolute Gasteiger partial charge is 0.205 e. The van der Waals surface area contributed by atoms with Crippen molar-refractivity contribution in [2.75, 3.05) is 0 Å². The van der Waals surface area contributed by atoms with Crippen molar-refractivity contribution < 1.29 is 4.39 Å². The molecule has 0 fully saturated rings. The summed E-state index contributed by atoms with van der Waals surface area (Å²) in [7, 11) is 0. The number of aromatic nitrogens is 4. The van der Waals surface area contributed by atoms with E-state index in [1.54, 1.807) is 47.5 Å². The van der Waals surface area contributed by atoms with Crippen LogP contribution in [0.5, 0.6) is 0 Å². The summed E-state index contributed by atoms with van der Waals surface area (Å²) >= 11 is 0. The molecule has 0 radical (unpaired) electrons. The van der Waals surface area contributed by atoms with Gasteiger partial charge in [0.1, 0.15) is 11.5 Å². The molecule has 0 spiro atoms. The van der Waals surface area contributed by atoms with Crippen LogP contribution < -0.4 is 0 Å². The Hall–Kier alpha value is -3.00. The van der Waals surface area contributed by atoms with Crippen molar-refractivity contribution in [3.63, 3.8) is 0 Å². The van der Waals surface area contributed by atoms with Crippen LogP contribution in [-0.4, -0.2) is 19.7 Å². The highest BCUT2D eigenvalue weighted by atomic mass is 19.1. The Morgan fingerprint density at radius 3 is 2.45 bits per heavy atom. The summed E-state index contributed by atoms with van der Waals surface area (Å²) in [6, 6.07) is 9.59. The Morgan fingerprint density at radius 2 is 1.70 bits per heavy atom. The molecule has 2 aromatic heterocycles. The molecule has 3 rings (SSSR count). The minimum atomic E-state index is -0.276. The van der Waals surface area contributed by atoms with E-state index >= 15 is 0 Å². The number of benzene rings is 1. The van der Waals surface area contributed by atoms with Crippen LogP contribution >= 0.6 is 0 Å². The summed E-state index contributed by atoms with van der Waals surface area (Å²) in [5.41, 5.74) is 1.37. The van der Waals surface area contributed by atoms with Gasteiger partial charge in [-0.15, -0.1) is 0 Å². The molecule has 0 saturated carbocycles. The zero-order valence-electron chi connectivity index (χ0n) is 10.4. The summed E-state index contributed by atoms with van der Waals surface area (Å²) < 4.78 is 14.5. The first-order valence-electron chi connectivity index (χ1n) is 5.92. The molecule has 2 heterocycles. The lowest BCUT2D eigenvalue weighted by Crippen LogP contribution is -1.95. The van der Waals surface area contributed by atoms with E-state index in [-0.39, 0.29) is 5.82 Å².